The van der Waals surface area contributed by atoms with Crippen LogP contribution in [-0.4, -0.2) is 21.3 Å². The molecule has 0 radical (unpaired) electrons. The van der Waals surface area contributed by atoms with E-state index in [0.29, 0.717) is 5.69 Å². The third-order valence-electron chi connectivity index (χ3n) is 3.01. The van der Waals surface area contributed by atoms with Crippen LogP contribution in [0.5, 0.6) is 0 Å². The number of hydrogen-bond acceptors (Lipinski definition) is 2. The number of carbonyl (C=O) groups is 1. The minimum absolute atomic E-state index is 0.0704. The topological polar surface area (TPSA) is 46.9 Å². The van der Waals surface area contributed by atoms with Gasteiger partial charge < -0.3 is 5.32 Å². The molecule has 0 spiro atoms. The second-order valence-electron chi connectivity index (χ2n) is 4.30. The third kappa shape index (κ3) is 2.26. The fourth-order valence-corrected chi connectivity index (χ4v) is 2.19. The third-order valence-corrected chi connectivity index (χ3v) is 3.26. The monoisotopic (exact) mass is 285 g/mol. The van der Waals surface area contributed by atoms with Gasteiger partial charge in [0.2, 0.25) is 5.91 Å². The van der Waals surface area contributed by atoms with Gasteiger partial charge in [0.05, 0.1) is 22.4 Å². The molecule has 0 bridgehead atoms. The van der Waals surface area contributed by atoms with Crippen LogP contribution in [0.4, 0.5) is 5.69 Å². The maximum absolute atomic E-state index is 11.5. The predicted octanol–water partition coefficient (Wildman–Crippen LogP) is 3.20. The highest BCUT2D eigenvalue weighted by Crippen LogP contribution is 2.24. The van der Waals surface area contributed by atoms with E-state index in [9.17, 15) is 4.79 Å². The summed E-state index contributed by atoms with van der Waals surface area (Å²) in [5, 5.41) is 2.79. The van der Waals surface area contributed by atoms with E-state index in [0.717, 1.165) is 16.7 Å². The molecule has 1 aromatic heterocycles. The molecular formula is C15H12ClN3O. The Balaban J connectivity index is 2.12. The van der Waals surface area contributed by atoms with E-state index >= 15 is 0 Å². The Hall–Kier alpha value is -2.33. The van der Waals surface area contributed by atoms with Crippen molar-refractivity contribution in [2.24, 2.45) is 0 Å². The van der Waals surface area contributed by atoms with Crippen LogP contribution in [0.2, 0.25) is 0 Å². The molecule has 0 aliphatic rings. The highest BCUT2D eigenvalue weighted by Gasteiger charge is 2.09. The first-order valence-electron chi connectivity index (χ1n) is 6.17. The molecule has 0 saturated carbocycles. The van der Waals surface area contributed by atoms with Crippen molar-refractivity contribution in [3.63, 3.8) is 0 Å². The van der Waals surface area contributed by atoms with Crippen molar-refractivity contribution in [1.82, 2.24) is 9.55 Å². The Morgan fingerprint density at radius 3 is 2.75 bits per heavy atom. The lowest BCUT2D eigenvalue weighted by Crippen LogP contribution is -2.14. The number of amides is 1. The van der Waals surface area contributed by atoms with Gasteiger partial charge in [-0.1, -0.05) is 24.3 Å². The molecule has 0 atom stereocenters. The smallest absolute Gasteiger partial charge is 0.239 e. The van der Waals surface area contributed by atoms with Crippen molar-refractivity contribution in [2.45, 2.75) is 0 Å². The van der Waals surface area contributed by atoms with Crippen LogP contribution in [0.15, 0.2) is 54.9 Å². The number of benzene rings is 2. The zero-order valence-corrected chi connectivity index (χ0v) is 11.3. The van der Waals surface area contributed by atoms with Gasteiger partial charge in [-0.15, -0.1) is 11.6 Å². The summed E-state index contributed by atoms with van der Waals surface area (Å²) in [4.78, 5) is 15.9. The summed E-state index contributed by atoms with van der Waals surface area (Å²) in [6, 6.07) is 15.4. The predicted molar refractivity (Wildman–Crippen MR) is 80.4 cm³/mol. The fourth-order valence-electron chi connectivity index (χ4n) is 2.12. The zero-order chi connectivity index (χ0) is 13.9. The molecule has 3 rings (SSSR count). The lowest BCUT2D eigenvalue weighted by molar-refractivity contribution is -0.113. The van der Waals surface area contributed by atoms with Crippen LogP contribution in [0.25, 0.3) is 16.7 Å². The lowest BCUT2D eigenvalue weighted by Gasteiger charge is -2.11. The van der Waals surface area contributed by atoms with Gasteiger partial charge in [-0.2, -0.15) is 0 Å². The molecule has 3 aromatic rings. The molecule has 4 nitrogen and oxygen atoms in total. The Morgan fingerprint density at radius 1 is 1.15 bits per heavy atom. The number of nitrogens with zero attached hydrogens (tertiary/aromatic N) is 2. The molecule has 5 heteroatoms. The summed E-state index contributed by atoms with van der Waals surface area (Å²) < 4.78 is 1.94. The normalized spacial score (nSPS) is 10.7. The van der Waals surface area contributed by atoms with Gasteiger partial charge in [0.25, 0.3) is 0 Å². The molecule has 1 N–H and O–H groups in total. The second-order valence-corrected chi connectivity index (χ2v) is 4.57. The van der Waals surface area contributed by atoms with E-state index in [1.54, 1.807) is 6.33 Å². The quantitative estimate of drug-likeness (QED) is 0.751. The Kier molecular flexibility index (Phi) is 3.39. The highest BCUT2D eigenvalue weighted by molar-refractivity contribution is 6.29. The number of alkyl halides is 1. The maximum atomic E-state index is 11.5. The van der Waals surface area contributed by atoms with Gasteiger partial charge in [0.15, 0.2) is 0 Å². The van der Waals surface area contributed by atoms with Crippen LogP contribution >= 0.6 is 11.6 Å². The van der Waals surface area contributed by atoms with Crippen LogP contribution < -0.4 is 5.32 Å². The number of rotatable bonds is 3. The van der Waals surface area contributed by atoms with Crippen LogP contribution in [0.1, 0.15) is 0 Å². The molecule has 100 valence electrons. The number of imidazole rings is 1. The summed E-state index contributed by atoms with van der Waals surface area (Å²) in [6.07, 6.45) is 1.75. The summed E-state index contributed by atoms with van der Waals surface area (Å²) in [5.41, 5.74) is 3.46. The van der Waals surface area contributed by atoms with Crippen molar-refractivity contribution in [2.75, 3.05) is 11.2 Å². The van der Waals surface area contributed by atoms with Gasteiger partial charge in [0, 0.05) is 0 Å². The first-order valence-corrected chi connectivity index (χ1v) is 6.70. The van der Waals surface area contributed by atoms with E-state index in [-0.39, 0.29) is 11.8 Å². The number of aromatic nitrogens is 2. The summed E-state index contributed by atoms with van der Waals surface area (Å²) >= 11 is 5.54. The number of para-hydroxylation sites is 4. The average molecular weight is 286 g/mol. The number of carbonyl (C=O) groups excluding carboxylic acids is 1. The van der Waals surface area contributed by atoms with Crippen molar-refractivity contribution < 1.29 is 4.79 Å². The molecular weight excluding hydrogens is 274 g/mol. The minimum Gasteiger partial charge on any atom is -0.323 e. The van der Waals surface area contributed by atoms with E-state index in [1.165, 1.54) is 0 Å². The molecule has 2 aromatic carbocycles. The molecule has 1 amide bonds. The molecule has 0 saturated heterocycles. The number of halogens is 1. The Morgan fingerprint density at radius 2 is 1.90 bits per heavy atom. The van der Waals surface area contributed by atoms with E-state index in [2.05, 4.69) is 10.3 Å². The van der Waals surface area contributed by atoms with Gasteiger partial charge in [-0.05, 0) is 24.3 Å². The summed E-state index contributed by atoms with van der Waals surface area (Å²) in [7, 11) is 0. The zero-order valence-electron chi connectivity index (χ0n) is 10.6. The van der Waals surface area contributed by atoms with Crippen LogP contribution in [-0.2, 0) is 4.79 Å². The SMILES string of the molecule is O=C(CCl)Nc1ccccc1-n1cnc2ccccc21. The molecule has 0 aliphatic heterocycles. The molecule has 0 unspecified atom stereocenters. The van der Waals surface area contributed by atoms with Crippen molar-refractivity contribution in [3.8, 4) is 5.69 Å². The first kappa shape index (κ1) is 12.7. The minimum atomic E-state index is -0.233. The molecule has 0 fully saturated rings. The lowest BCUT2D eigenvalue weighted by atomic mass is 10.2. The molecule has 20 heavy (non-hydrogen) atoms. The van der Waals surface area contributed by atoms with E-state index in [1.807, 2.05) is 53.1 Å². The number of anilines is 1. The number of hydrogen-bond donors (Lipinski definition) is 1. The standard InChI is InChI=1S/C15H12ClN3O/c16-9-15(20)18-12-6-2-4-8-14(12)19-10-17-11-5-1-3-7-13(11)19/h1-8,10H,9H2,(H,18,20). The van der Waals surface area contributed by atoms with Gasteiger partial charge in [0.1, 0.15) is 12.2 Å². The average Bonchev–Trinajstić information content (AvgIpc) is 2.91. The van der Waals surface area contributed by atoms with Gasteiger partial charge in [-0.3, -0.25) is 9.36 Å². The fraction of sp³-hybridized carbons (Fsp3) is 0.0667. The second kappa shape index (κ2) is 5.35. The Bertz CT molecular complexity index is 766. The summed E-state index contributed by atoms with van der Waals surface area (Å²) in [6.45, 7) is 0. The van der Waals surface area contributed by atoms with Crippen molar-refractivity contribution >= 4 is 34.2 Å². The summed E-state index contributed by atoms with van der Waals surface area (Å²) in [5.74, 6) is -0.303. The van der Waals surface area contributed by atoms with E-state index < -0.39 is 0 Å². The van der Waals surface area contributed by atoms with E-state index in [4.69, 9.17) is 11.6 Å². The largest absolute Gasteiger partial charge is 0.323 e. The molecule has 1 heterocycles. The van der Waals surface area contributed by atoms with Crippen LogP contribution in [0.3, 0.4) is 0 Å². The van der Waals surface area contributed by atoms with Gasteiger partial charge in [-0.25, -0.2) is 4.98 Å². The number of nitrogens with one attached hydrogen (secondary N) is 1. The molecule has 0 aliphatic carbocycles. The maximum Gasteiger partial charge on any atom is 0.239 e. The number of fused-ring (bicyclic) bond motifs is 1. The first-order chi connectivity index (χ1) is 9.79. The highest BCUT2D eigenvalue weighted by atomic mass is 35.5. The Labute approximate surface area is 121 Å². The van der Waals surface area contributed by atoms with Crippen LogP contribution in [0, 0.1) is 0 Å². The van der Waals surface area contributed by atoms with Crippen molar-refractivity contribution in [1.29, 1.82) is 0 Å². The van der Waals surface area contributed by atoms with Gasteiger partial charge >= 0.3 is 0 Å². The van der Waals surface area contributed by atoms with Crippen molar-refractivity contribution in [3.05, 3.63) is 54.9 Å².